The second-order valence-electron chi connectivity index (χ2n) is 4.17. The molecule has 5 nitrogen and oxygen atoms in total. The fraction of sp³-hybridized carbons (Fsp3) is 0.818. The number of piperazine rings is 1. The van der Waals surface area contributed by atoms with Gasteiger partial charge in [-0.2, -0.15) is 0 Å². The summed E-state index contributed by atoms with van der Waals surface area (Å²) in [6.45, 7) is 5.76. The van der Waals surface area contributed by atoms with Crippen molar-refractivity contribution in [3.63, 3.8) is 0 Å². The smallest absolute Gasteiger partial charge is 0.241 e. The van der Waals surface area contributed by atoms with Gasteiger partial charge in [0.1, 0.15) is 6.04 Å². The minimum Gasteiger partial charge on any atom is -0.368 e. The van der Waals surface area contributed by atoms with Crippen LogP contribution in [0.4, 0.5) is 0 Å². The van der Waals surface area contributed by atoms with Crippen LogP contribution in [0.25, 0.3) is 0 Å². The highest BCUT2D eigenvalue weighted by atomic mass is 16.2. The molecule has 1 heterocycles. The first-order valence-corrected chi connectivity index (χ1v) is 5.92. The quantitative estimate of drug-likeness (QED) is 0.693. The zero-order chi connectivity index (χ0) is 12.1. The Kier molecular flexibility index (Phi) is 4.73. The SMILES string of the molecule is CCC(CC)C(=O)N1CCNCC1C(N)=O. The van der Waals surface area contributed by atoms with Crippen LogP contribution < -0.4 is 11.1 Å². The van der Waals surface area contributed by atoms with Crippen molar-refractivity contribution >= 4 is 11.8 Å². The second-order valence-corrected chi connectivity index (χ2v) is 4.17. The Hall–Kier alpha value is -1.10. The number of primary amides is 1. The minimum atomic E-state index is -0.484. The van der Waals surface area contributed by atoms with Gasteiger partial charge in [-0.15, -0.1) is 0 Å². The fourth-order valence-corrected chi connectivity index (χ4v) is 2.09. The van der Waals surface area contributed by atoms with Gasteiger partial charge >= 0.3 is 0 Å². The van der Waals surface area contributed by atoms with Gasteiger partial charge in [-0.25, -0.2) is 0 Å². The molecule has 0 spiro atoms. The van der Waals surface area contributed by atoms with Crippen molar-refractivity contribution in [2.24, 2.45) is 11.7 Å². The van der Waals surface area contributed by atoms with Gasteiger partial charge in [0, 0.05) is 25.6 Å². The first-order chi connectivity index (χ1) is 7.61. The average Bonchev–Trinajstić information content (AvgIpc) is 2.30. The molecule has 0 bridgehead atoms. The number of hydrogen-bond donors (Lipinski definition) is 2. The number of amides is 2. The average molecular weight is 227 g/mol. The molecule has 2 amide bonds. The van der Waals surface area contributed by atoms with E-state index in [0.29, 0.717) is 13.1 Å². The van der Waals surface area contributed by atoms with E-state index in [1.54, 1.807) is 4.90 Å². The molecule has 3 N–H and O–H groups in total. The van der Waals surface area contributed by atoms with Crippen molar-refractivity contribution in [2.45, 2.75) is 32.7 Å². The highest BCUT2D eigenvalue weighted by Gasteiger charge is 2.32. The molecule has 1 aliphatic rings. The Labute approximate surface area is 96.4 Å². The lowest BCUT2D eigenvalue weighted by Gasteiger charge is -2.36. The fourth-order valence-electron chi connectivity index (χ4n) is 2.09. The number of hydrogen-bond acceptors (Lipinski definition) is 3. The molecule has 0 aromatic carbocycles. The van der Waals surface area contributed by atoms with Crippen LogP contribution >= 0.6 is 0 Å². The normalized spacial score (nSPS) is 21.2. The standard InChI is InChI=1S/C11H21N3O2/c1-3-8(4-2)11(16)14-6-5-13-7-9(14)10(12)15/h8-9,13H,3-7H2,1-2H3,(H2,12,15). The van der Waals surface area contributed by atoms with E-state index in [-0.39, 0.29) is 11.8 Å². The third-order valence-electron chi connectivity index (χ3n) is 3.19. The number of nitrogens with zero attached hydrogens (tertiary/aromatic N) is 1. The lowest BCUT2D eigenvalue weighted by Crippen LogP contribution is -2.59. The molecule has 1 saturated heterocycles. The molecule has 1 unspecified atom stereocenters. The Balaban J connectivity index is 2.74. The van der Waals surface area contributed by atoms with Crippen LogP contribution in [0.5, 0.6) is 0 Å². The molecule has 1 rings (SSSR count). The van der Waals surface area contributed by atoms with E-state index < -0.39 is 11.9 Å². The number of nitrogens with one attached hydrogen (secondary N) is 1. The molecule has 1 fully saturated rings. The summed E-state index contributed by atoms with van der Waals surface area (Å²) >= 11 is 0. The largest absolute Gasteiger partial charge is 0.368 e. The van der Waals surface area contributed by atoms with Crippen molar-refractivity contribution < 1.29 is 9.59 Å². The molecule has 0 aromatic heterocycles. The van der Waals surface area contributed by atoms with E-state index in [1.165, 1.54) is 0 Å². The van der Waals surface area contributed by atoms with Crippen LogP contribution in [0, 0.1) is 5.92 Å². The third kappa shape index (κ3) is 2.72. The van der Waals surface area contributed by atoms with Crippen LogP contribution in [0.1, 0.15) is 26.7 Å². The van der Waals surface area contributed by atoms with E-state index in [2.05, 4.69) is 5.32 Å². The summed E-state index contributed by atoms with van der Waals surface area (Å²) in [5.41, 5.74) is 5.31. The maximum absolute atomic E-state index is 12.2. The number of nitrogens with two attached hydrogens (primary N) is 1. The van der Waals surface area contributed by atoms with Gasteiger partial charge < -0.3 is 16.0 Å². The molecule has 0 aromatic rings. The van der Waals surface area contributed by atoms with Gasteiger partial charge in [0.25, 0.3) is 0 Å². The van der Waals surface area contributed by atoms with Crippen LogP contribution in [0.2, 0.25) is 0 Å². The number of rotatable bonds is 4. The first kappa shape index (κ1) is 13.0. The predicted octanol–water partition coefficient (Wildman–Crippen LogP) is -0.292. The first-order valence-electron chi connectivity index (χ1n) is 5.92. The molecule has 5 heteroatoms. The summed E-state index contributed by atoms with van der Waals surface area (Å²) in [6.07, 6.45) is 1.62. The lowest BCUT2D eigenvalue weighted by atomic mass is 10.00. The van der Waals surface area contributed by atoms with Crippen molar-refractivity contribution in [3.8, 4) is 0 Å². The number of carbonyl (C=O) groups is 2. The monoisotopic (exact) mass is 227 g/mol. The highest BCUT2D eigenvalue weighted by molar-refractivity contribution is 5.88. The Bertz CT molecular complexity index is 264. The summed E-state index contributed by atoms with van der Waals surface area (Å²) in [6, 6.07) is -0.484. The van der Waals surface area contributed by atoms with E-state index >= 15 is 0 Å². The summed E-state index contributed by atoms with van der Waals surface area (Å²) in [5.74, 6) is -0.346. The van der Waals surface area contributed by atoms with Gasteiger partial charge in [-0.1, -0.05) is 13.8 Å². The van der Waals surface area contributed by atoms with Crippen LogP contribution in [-0.2, 0) is 9.59 Å². The predicted molar refractivity (Wildman–Crippen MR) is 61.6 cm³/mol. The summed E-state index contributed by atoms with van der Waals surface area (Å²) in [7, 11) is 0. The maximum Gasteiger partial charge on any atom is 0.241 e. The van der Waals surface area contributed by atoms with E-state index in [9.17, 15) is 9.59 Å². The summed E-state index contributed by atoms with van der Waals surface area (Å²) in [4.78, 5) is 25.1. The van der Waals surface area contributed by atoms with Gasteiger partial charge in [0.15, 0.2) is 0 Å². The van der Waals surface area contributed by atoms with Gasteiger partial charge in [0.05, 0.1) is 0 Å². The molecule has 0 aliphatic carbocycles. The Morgan fingerprint density at radius 2 is 2.06 bits per heavy atom. The van der Waals surface area contributed by atoms with Crippen molar-refractivity contribution in [2.75, 3.05) is 19.6 Å². The Morgan fingerprint density at radius 1 is 1.44 bits per heavy atom. The molecule has 0 saturated carbocycles. The highest BCUT2D eigenvalue weighted by Crippen LogP contribution is 2.15. The zero-order valence-corrected chi connectivity index (χ0v) is 10.0. The molecule has 1 atom stereocenters. The van der Waals surface area contributed by atoms with E-state index in [0.717, 1.165) is 19.4 Å². The molecule has 92 valence electrons. The maximum atomic E-state index is 12.2. The molecule has 16 heavy (non-hydrogen) atoms. The summed E-state index contributed by atoms with van der Waals surface area (Å²) < 4.78 is 0. The second kappa shape index (κ2) is 5.84. The van der Waals surface area contributed by atoms with Gasteiger partial charge in [0.2, 0.25) is 11.8 Å². The molecule has 0 radical (unpaired) electrons. The summed E-state index contributed by atoms with van der Waals surface area (Å²) in [5, 5.41) is 3.08. The molecular formula is C11H21N3O2. The molecule has 1 aliphatic heterocycles. The molecular weight excluding hydrogens is 206 g/mol. The van der Waals surface area contributed by atoms with Crippen LogP contribution in [-0.4, -0.2) is 42.4 Å². The van der Waals surface area contributed by atoms with E-state index in [1.807, 2.05) is 13.8 Å². The number of carbonyl (C=O) groups excluding carboxylic acids is 2. The van der Waals surface area contributed by atoms with Gasteiger partial charge in [-0.3, -0.25) is 9.59 Å². The van der Waals surface area contributed by atoms with Crippen LogP contribution in [0.3, 0.4) is 0 Å². The zero-order valence-electron chi connectivity index (χ0n) is 10.0. The third-order valence-corrected chi connectivity index (χ3v) is 3.19. The lowest BCUT2D eigenvalue weighted by molar-refractivity contribution is -0.143. The topological polar surface area (TPSA) is 75.4 Å². The van der Waals surface area contributed by atoms with Crippen molar-refractivity contribution in [1.29, 1.82) is 0 Å². The van der Waals surface area contributed by atoms with Crippen LogP contribution in [0.15, 0.2) is 0 Å². The Morgan fingerprint density at radius 3 is 2.56 bits per heavy atom. The van der Waals surface area contributed by atoms with E-state index in [4.69, 9.17) is 5.73 Å². The minimum absolute atomic E-state index is 0.0138. The van der Waals surface area contributed by atoms with Crippen molar-refractivity contribution in [1.82, 2.24) is 10.2 Å². The van der Waals surface area contributed by atoms with Crippen molar-refractivity contribution in [3.05, 3.63) is 0 Å². The van der Waals surface area contributed by atoms with Gasteiger partial charge in [-0.05, 0) is 12.8 Å².